The molecule has 0 aliphatic rings. The van der Waals surface area contributed by atoms with Gasteiger partial charge in [-0.3, -0.25) is 0 Å². The maximum Gasteiger partial charge on any atom is 0.130 e. The largest absolute Gasteiger partial charge is 0.462 e. The Morgan fingerprint density at radius 1 is 1.00 bits per heavy atom. The quantitative estimate of drug-likeness (QED) is 0.557. The predicted octanol–water partition coefficient (Wildman–Crippen LogP) is 1.50. The van der Waals surface area contributed by atoms with Crippen LogP contribution in [-0.2, 0) is 32.1 Å². The van der Waals surface area contributed by atoms with Crippen molar-refractivity contribution >= 4 is 0 Å². The van der Waals surface area contributed by atoms with Gasteiger partial charge < -0.3 is 28.7 Å². The third-order valence-electron chi connectivity index (χ3n) is 2.83. The summed E-state index contributed by atoms with van der Waals surface area (Å²) in [6, 6.07) is 2.01. The first-order valence-electron chi connectivity index (χ1n) is 7.23. The van der Waals surface area contributed by atoms with Crippen LogP contribution in [0.3, 0.4) is 0 Å². The van der Waals surface area contributed by atoms with Gasteiger partial charge in [0.15, 0.2) is 0 Å². The number of nitrogens with one attached hydrogen (secondary N) is 1. The highest BCUT2D eigenvalue weighted by molar-refractivity contribution is 5.19. The highest BCUT2D eigenvalue weighted by Gasteiger charge is 2.06. The van der Waals surface area contributed by atoms with E-state index in [2.05, 4.69) is 5.32 Å². The summed E-state index contributed by atoms with van der Waals surface area (Å²) in [6.45, 7) is 6.69. The first kappa shape index (κ1) is 18.1. The SMILES string of the molecule is CNCc1oc(COCCOCCOCCOC)cc1C. The van der Waals surface area contributed by atoms with E-state index < -0.39 is 0 Å². The van der Waals surface area contributed by atoms with Crippen LogP contribution in [0, 0.1) is 6.92 Å². The molecule has 0 saturated heterocycles. The Balaban J connectivity index is 1.98. The fourth-order valence-corrected chi connectivity index (χ4v) is 1.75. The van der Waals surface area contributed by atoms with Gasteiger partial charge in [-0.15, -0.1) is 0 Å². The van der Waals surface area contributed by atoms with Crippen molar-refractivity contribution in [3.05, 3.63) is 23.2 Å². The van der Waals surface area contributed by atoms with Gasteiger partial charge in [-0.1, -0.05) is 0 Å². The van der Waals surface area contributed by atoms with Crippen molar-refractivity contribution in [2.24, 2.45) is 0 Å². The average molecular weight is 301 g/mol. The Hall–Kier alpha value is -0.920. The third-order valence-corrected chi connectivity index (χ3v) is 2.83. The summed E-state index contributed by atoms with van der Waals surface area (Å²) in [6.07, 6.45) is 0. The van der Waals surface area contributed by atoms with Crippen LogP contribution >= 0.6 is 0 Å². The highest BCUT2D eigenvalue weighted by Crippen LogP contribution is 2.15. The second-order valence-electron chi connectivity index (χ2n) is 4.62. The van der Waals surface area contributed by atoms with Crippen LogP contribution in [0.5, 0.6) is 0 Å². The number of hydrogen-bond donors (Lipinski definition) is 1. The molecule has 0 fully saturated rings. The van der Waals surface area contributed by atoms with Crippen molar-refractivity contribution in [3.8, 4) is 0 Å². The molecule has 0 aromatic carbocycles. The first-order valence-corrected chi connectivity index (χ1v) is 7.23. The number of aryl methyl sites for hydroxylation is 1. The summed E-state index contributed by atoms with van der Waals surface area (Å²) in [5.41, 5.74) is 1.15. The van der Waals surface area contributed by atoms with Crippen molar-refractivity contribution in [2.45, 2.75) is 20.1 Å². The van der Waals surface area contributed by atoms with Gasteiger partial charge >= 0.3 is 0 Å². The van der Waals surface area contributed by atoms with E-state index in [4.69, 9.17) is 23.4 Å². The summed E-state index contributed by atoms with van der Waals surface area (Å²) in [5, 5.41) is 3.07. The fraction of sp³-hybridized carbons (Fsp3) is 0.733. The molecule has 1 heterocycles. The molecule has 0 aliphatic carbocycles. The molecule has 0 aliphatic heterocycles. The monoisotopic (exact) mass is 301 g/mol. The van der Waals surface area contributed by atoms with E-state index in [1.807, 2.05) is 20.0 Å². The van der Waals surface area contributed by atoms with Gasteiger partial charge in [0, 0.05) is 7.11 Å². The van der Waals surface area contributed by atoms with Crippen LogP contribution < -0.4 is 5.32 Å². The second-order valence-corrected chi connectivity index (χ2v) is 4.62. The summed E-state index contributed by atoms with van der Waals surface area (Å²) in [7, 11) is 3.55. The molecule has 1 N–H and O–H groups in total. The first-order chi connectivity index (χ1) is 10.3. The molecule has 21 heavy (non-hydrogen) atoms. The van der Waals surface area contributed by atoms with Crippen LogP contribution in [0.2, 0.25) is 0 Å². The van der Waals surface area contributed by atoms with Gasteiger partial charge in [-0.05, 0) is 25.6 Å². The zero-order valence-corrected chi connectivity index (χ0v) is 13.3. The van der Waals surface area contributed by atoms with E-state index in [0.29, 0.717) is 46.2 Å². The number of methoxy groups -OCH3 is 1. The minimum absolute atomic E-state index is 0.470. The van der Waals surface area contributed by atoms with Gasteiger partial charge in [-0.2, -0.15) is 0 Å². The lowest BCUT2D eigenvalue weighted by Gasteiger charge is -2.05. The molecule has 0 saturated carbocycles. The van der Waals surface area contributed by atoms with Gasteiger partial charge in [0.2, 0.25) is 0 Å². The zero-order valence-electron chi connectivity index (χ0n) is 13.3. The molecule has 122 valence electrons. The van der Waals surface area contributed by atoms with E-state index in [1.165, 1.54) is 0 Å². The van der Waals surface area contributed by atoms with Crippen LogP contribution in [-0.4, -0.2) is 53.8 Å². The molecule has 1 rings (SSSR count). The zero-order chi connectivity index (χ0) is 15.3. The molecule has 0 amide bonds. The molecule has 0 spiro atoms. The van der Waals surface area contributed by atoms with E-state index in [9.17, 15) is 0 Å². The molecule has 1 aromatic heterocycles. The molecule has 0 bridgehead atoms. The topological polar surface area (TPSA) is 62.1 Å². The average Bonchev–Trinajstić information content (AvgIpc) is 2.82. The number of ether oxygens (including phenoxy) is 4. The summed E-state index contributed by atoms with van der Waals surface area (Å²) < 4.78 is 26.7. The fourth-order valence-electron chi connectivity index (χ4n) is 1.75. The Bertz CT molecular complexity index is 367. The minimum Gasteiger partial charge on any atom is -0.462 e. The Kier molecular flexibility index (Phi) is 10.1. The predicted molar refractivity (Wildman–Crippen MR) is 79.4 cm³/mol. The van der Waals surface area contributed by atoms with Crippen LogP contribution in [0.25, 0.3) is 0 Å². The number of furan rings is 1. The number of rotatable bonds is 13. The standard InChI is InChI=1S/C15H27NO5/c1-13-10-14(21-15(13)11-16-2)12-20-9-8-19-7-6-18-5-4-17-3/h10,16H,4-9,11-12H2,1-3H3. The normalized spacial score (nSPS) is 11.2. The number of hydrogen-bond acceptors (Lipinski definition) is 6. The molecule has 6 nitrogen and oxygen atoms in total. The van der Waals surface area contributed by atoms with Crippen molar-refractivity contribution < 1.29 is 23.4 Å². The van der Waals surface area contributed by atoms with Crippen molar-refractivity contribution in [1.82, 2.24) is 5.32 Å². The summed E-state index contributed by atoms with van der Waals surface area (Å²) >= 11 is 0. The smallest absolute Gasteiger partial charge is 0.130 e. The molecular formula is C15H27NO5. The van der Waals surface area contributed by atoms with Gasteiger partial charge in [0.25, 0.3) is 0 Å². The van der Waals surface area contributed by atoms with Crippen molar-refractivity contribution in [1.29, 1.82) is 0 Å². The third kappa shape index (κ3) is 8.18. The lowest BCUT2D eigenvalue weighted by molar-refractivity contribution is -0.00136. The van der Waals surface area contributed by atoms with Crippen molar-refractivity contribution in [3.63, 3.8) is 0 Å². The van der Waals surface area contributed by atoms with E-state index in [0.717, 1.165) is 23.6 Å². The van der Waals surface area contributed by atoms with Crippen molar-refractivity contribution in [2.75, 3.05) is 53.8 Å². The maximum absolute atomic E-state index is 5.68. The van der Waals surface area contributed by atoms with E-state index in [1.54, 1.807) is 7.11 Å². The van der Waals surface area contributed by atoms with Gasteiger partial charge in [0.05, 0.1) is 46.2 Å². The molecule has 0 atom stereocenters. The lowest BCUT2D eigenvalue weighted by atomic mass is 10.2. The Labute approximate surface area is 126 Å². The Morgan fingerprint density at radius 2 is 1.62 bits per heavy atom. The van der Waals surface area contributed by atoms with Gasteiger partial charge in [0.1, 0.15) is 18.1 Å². The van der Waals surface area contributed by atoms with E-state index >= 15 is 0 Å². The molecule has 6 heteroatoms. The lowest BCUT2D eigenvalue weighted by Crippen LogP contribution is -2.11. The Morgan fingerprint density at radius 3 is 2.24 bits per heavy atom. The summed E-state index contributed by atoms with van der Waals surface area (Å²) in [5.74, 6) is 1.81. The van der Waals surface area contributed by atoms with E-state index in [-0.39, 0.29) is 0 Å². The maximum atomic E-state index is 5.68. The van der Waals surface area contributed by atoms with Gasteiger partial charge in [-0.25, -0.2) is 0 Å². The molecule has 0 unspecified atom stereocenters. The molecule has 1 aromatic rings. The molecular weight excluding hydrogens is 274 g/mol. The minimum atomic E-state index is 0.470. The van der Waals surface area contributed by atoms with Crippen LogP contribution in [0.15, 0.2) is 10.5 Å². The summed E-state index contributed by atoms with van der Waals surface area (Å²) in [4.78, 5) is 0. The van der Waals surface area contributed by atoms with Crippen LogP contribution in [0.1, 0.15) is 17.1 Å². The second kappa shape index (κ2) is 11.7. The molecule has 0 radical (unpaired) electrons. The van der Waals surface area contributed by atoms with Crippen LogP contribution in [0.4, 0.5) is 0 Å². The highest BCUT2D eigenvalue weighted by atomic mass is 16.6.